The summed E-state index contributed by atoms with van der Waals surface area (Å²) in [5, 5.41) is 12.7. The summed E-state index contributed by atoms with van der Waals surface area (Å²) in [5.41, 5.74) is 0.173. The van der Waals surface area contributed by atoms with Gasteiger partial charge in [0.2, 0.25) is 5.54 Å². The Morgan fingerprint density at radius 1 is 1.36 bits per heavy atom. The van der Waals surface area contributed by atoms with Crippen LogP contribution < -0.4 is 10.2 Å². The molecule has 0 bridgehead atoms. The van der Waals surface area contributed by atoms with Crippen LogP contribution in [0.25, 0.3) is 5.70 Å². The maximum absolute atomic E-state index is 12.6. The molecule has 7 nitrogen and oxygen atoms in total. The quantitative estimate of drug-likeness (QED) is 0.787. The first-order chi connectivity index (χ1) is 12.9. The Morgan fingerprint density at radius 3 is 2.64 bits per heavy atom. The highest BCUT2D eigenvalue weighted by molar-refractivity contribution is 5.92. The van der Waals surface area contributed by atoms with Gasteiger partial charge >= 0.3 is 12.1 Å². The van der Waals surface area contributed by atoms with E-state index < -0.39 is 28.8 Å². The lowest BCUT2D eigenvalue weighted by molar-refractivity contribution is -0.159. The Balaban J connectivity index is 1.92. The van der Waals surface area contributed by atoms with Gasteiger partial charge in [-0.3, -0.25) is 4.90 Å². The lowest BCUT2D eigenvalue weighted by Gasteiger charge is -2.37. The molecule has 1 aromatic rings. The average molecular weight is 383 g/mol. The first-order valence-corrected chi connectivity index (χ1v) is 9.13. The Kier molecular flexibility index (Phi) is 4.42. The molecule has 0 saturated carbocycles. The van der Waals surface area contributed by atoms with Crippen molar-refractivity contribution in [2.24, 2.45) is 0 Å². The molecule has 148 valence electrons. The summed E-state index contributed by atoms with van der Waals surface area (Å²) in [6, 6.07) is 7.69. The van der Waals surface area contributed by atoms with Gasteiger partial charge in [0.05, 0.1) is 5.69 Å². The molecule has 3 rings (SSSR count). The molecule has 1 N–H and O–H groups in total. The van der Waals surface area contributed by atoms with E-state index in [1.54, 1.807) is 27.8 Å². The number of amides is 1. The molecule has 2 aliphatic rings. The number of carbonyl (C=O) groups is 2. The van der Waals surface area contributed by atoms with Gasteiger partial charge in [0.1, 0.15) is 17.3 Å². The number of hydrogen-bond donors (Lipinski definition) is 1. The highest BCUT2D eigenvalue weighted by Gasteiger charge is 2.45. The van der Waals surface area contributed by atoms with Crippen molar-refractivity contribution in [1.82, 2.24) is 5.32 Å². The normalized spacial score (nSPS) is 23.1. The van der Waals surface area contributed by atoms with Crippen LogP contribution in [0.3, 0.4) is 0 Å². The number of nitrogens with one attached hydrogen (secondary N) is 1. The van der Waals surface area contributed by atoms with Gasteiger partial charge in [-0.05, 0) is 52.3 Å². The highest BCUT2D eigenvalue weighted by atomic mass is 16.6. The summed E-state index contributed by atoms with van der Waals surface area (Å²) in [6.45, 7) is 8.96. The van der Waals surface area contributed by atoms with Crippen LogP contribution in [0.4, 0.5) is 10.5 Å². The third kappa shape index (κ3) is 3.31. The Morgan fingerprint density at radius 2 is 2.04 bits per heavy atom. The van der Waals surface area contributed by atoms with Gasteiger partial charge in [0, 0.05) is 24.7 Å². The SMILES string of the molecule is CN1C(=O)OC(C)(C)c2cc(C3=CCC(C#N)(C(=O)OC(C)(C)C)N3)ccc21. The van der Waals surface area contributed by atoms with Crippen LogP contribution >= 0.6 is 0 Å². The predicted molar refractivity (Wildman–Crippen MR) is 104 cm³/mol. The zero-order valence-electron chi connectivity index (χ0n) is 17.0. The number of benzene rings is 1. The van der Waals surface area contributed by atoms with Gasteiger partial charge in [-0.15, -0.1) is 0 Å². The minimum Gasteiger partial charge on any atom is -0.457 e. The number of nitrogens with zero attached hydrogens (tertiary/aromatic N) is 2. The van der Waals surface area contributed by atoms with E-state index in [0.29, 0.717) is 5.70 Å². The van der Waals surface area contributed by atoms with Crippen molar-refractivity contribution in [3.8, 4) is 6.07 Å². The monoisotopic (exact) mass is 383 g/mol. The third-order valence-electron chi connectivity index (χ3n) is 4.83. The summed E-state index contributed by atoms with van der Waals surface area (Å²) in [4.78, 5) is 26.1. The topological polar surface area (TPSA) is 91.7 Å². The molecule has 0 aliphatic carbocycles. The van der Waals surface area contributed by atoms with E-state index in [1.807, 2.05) is 38.1 Å². The molecular formula is C21H25N3O4. The molecule has 2 aliphatic heterocycles. The number of hydrogen-bond acceptors (Lipinski definition) is 6. The third-order valence-corrected chi connectivity index (χ3v) is 4.83. The van der Waals surface area contributed by atoms with Crippen molar-refractivity contribution in [2.45, 2.75) is 57.8 Å². The van der Waals surface area contributed by atoms with Gasteiger partial charge in [-0.25, -0.2) is 9.59 Å². The molecule has 0 spiro atoms. The van der Waals surface area contributed by atoms with E-state index in [0.717, 1.165) is 16.8 Å². The van der Waals surface area contributed by atoms with Gasteiger partial charge < -0.3 is 14.8 Å². The molecule has 1 unspecified atom stereocenters. The Labute approximate surface area is 164 Å². The first-order valence-electron chi connectivity index (χ1n) is 9.13. The number of fused-ring (bicyclic) bond motifs is 1. The number of cyclic esters (lactones) is 1. The summed E-state index contributed by atoms with van der Waals surface area (Å²) in [7, 11) is 1.66. The van der Waals surface area contributed by atoms with Crippen LogP contribution in [0.15, 0.2) is 24.3 Å². The standard InChI is InChI=1S/C21H25N3O4/c1-19(2,3)27-17(25)21(12-22)10-9-15(23-21)13-7-8-16-14(11-13)20(4,5)28-18(26)24(16)6/h7-9,11,23H,10H2,1-6H3. The van der Waals surface area contributed by atoms with E-state index in [9.17, 15) is 14.9 Å². The van der Waals surface area contributed by atoms with Gasteiger partial charge in [0.25, 0.3) is 0 Å². The second kappa shape index (κ2) is 6.26. The van der Waals surface area contributed by atoms with E-state index in [2.05, 4.69) is 11.4 Å². The summed E-state index contributed by atoms with van der Waals surface area (Å²) >= 11 is 0. The molecule has 1 aromatic carbocycles. The van der Waals surface area contributed by atoms with E-state index in [4.69, 9.17) is 9.47 Å². The molecule has 0 saturated heterocycles. The van der Waals surface area contributed by atoms with E-state index in [-0.39, 0.29) is 6.42 Å². The zero-order chi connectivity index (χ0) is 20.9. The molecule has 28 heavy (non-hydrogen) atoms. The maximum Gasteiger partial charge on any atom is 0.414 e. The second-order valence-electron chi connectivity index (χ2n) is 8.64. The minimum atomic E-state index is -1.45. The van der Waals surface area contributed by atoms with Crippen LogP contribution in [-0.2, 0) is 19.9 Å². The molecule has 0 fully saturated rings. The smallest absolute Gasteiger partial charge is 0.414 e. The Bertz CT molecular complexity index is 921. The molecule has 2 heterocycles. The van der Waals surface area contributed by atoms with Gasteiger partial charge in [-0.2, -0.15) is 5.26 Å². The van der Waals surface area contributed by atoms with Crippen molar-refractivity contribution >= 4 is 23.4 Å². The fraction of sp³-hybridized carbons (Fsp3) is 0.476. The van der Waals surface area contributed by atoms with Gasteiger partial charge in [0.15, 0.2) is 0 Å². The summed E-state index contributed by atoms with van der Waals surface area (Å²) < 4.78 is 10.9. The first kappa shape index (κ1) is 19.7. The number of ether oxygens (including phenoxy) is 2. The van der Waals surface area contributed by atoms with Crippen molar-refractivity contribution in [1.29, 1.82) is 5.26 Å². The fourth-order valence-electron chi connectivity index (χ4n) is 3.31. The number of rotatable bonds is 2. The maximum atomic E-state index is 12.6. The number of nitriles is 1. The van der Waals surface area contributed by atoms with Crippen LogP contribution in [0.5, 0.6) is 0 Å². The molecular weight excluding hydrogens is 358 g/mol. The molecule has 0 radical (unpaired) electrons. The fourth-order valence-corrected chi connectivity index (χ4v) is 3.31. The summed E-state index contributed by atoms with van der Waals surface area (Å²) in [6.07, 6.45) is 1.63. The van der Waals surface area contributed by atoms with Crippen molar-refractivity contribution in [3.05, 3.63) is 35.4 Å². The van der Waals surface area contributed by atoms with Gasteiger partial charge in [-0.1, -0.05) is 12.1 Å². The molecule has 7 heteroatoms. The zero-order valence-corrected chi connectivity index (χ0v) is 17.0. The van der Waals surface area contributed by atoms with Crippen molar-refractivity contribution in [3.63, 3.8) is 0 Å². The minimum absolute atomic E-state index is 0.211. The van der Waals surface area contributed by atoms with Crippen LogP contribution in [-0.4, -0.2) is 30.3 Å². The molecule has 1 amide bonds. The largest absolute Gasteiger partial charge is 0.457 e. The van der Waals surface area contributed by atoms with E-state index >= 15 is 0 Å². The predicted octanol–water partition coefficient (Wildman–Crippen LogP) is 3.45. The van der Waals surface area contributed by atoms with Crippen LogP contribution in [0.2, 0.25) is 0 Å². The van der Waals surface area contributed by atoms with Crippen molar-refractivity contribution in [2.75, 3.05) is 11.9 Å². The highest BCUT2D eigenvalue weighted by Crippen LogP contribution is 2.40. The van der Waals surface area contributed by atoms with Crippen molar-refractivity contribution < 1.29 is 19.1 Å². The lowest BCUT2D eigenvalue weighted by Crippen LogP contribution is -2.49. The number of esters is 1. The van der Waals surface area contributed by atoms with Crippen LogP contribution in [0, 0.1) is 11.3 Å². The van der Waals surface area contributed by atoms with E-state index in [1.165, 1.54) is 4.90 Å². The van der Waals surface area contributed by atoms with Crippen LogP contribution in [0.1, 0.15) is 52.2 Å². The molecule has 0 aromatic heterocycles. The Hall–Kier alpha value is -3.01. The average Bonchev–Trinajstić information content (AvgIpc) is 3.04. The summed E-state index contributed by atoms with van der Waals surface area (Å²) in [5.74, 6) is -0.597. The number of carbonyl (C=O) groups excluding carboxylic acids is 2. The second-order valence-corrected chi connectivity index (χ2v) is 8.64. The molecule has 1 atom stereocenters. The number of anilines is 1. The lowest BCUT2D eigenvalue weighted by atomic mass is 9.92.